The van der Waals surface area contributed by atoms with Crippen molar-refractivity contribution in [2.45, 2.75) is 13.8 Å². The van der Waals surface area contributed by atoms with Gasteiger partial charge in [-0.25, -0.2) is 0 Å². The molecular formula is C42H33N. The second-order valence-corrected chi connectivity index (χ2v) is 10.8. The minimum Gasteiger partial charge on any atom is -0.309 e. The maximum Gasteiger partial charge on any atom is 0.0541 e. The summed E-state index contributed by atoms with van der Waals surface area (Å²) < 4.78 is 2.40. The molecule has 1 heteroatoms. The van der Waals surface area contributed by atoms with Gasteiger partial charge in [0.1, 0.15) is 0 Å². The Morgan fingerprint density at radius 2 is 0.767 bits per heavy atom. The monoisotopic (exact) mass is 551 g/mol. The van der Waals surface area contributed by atoms with Crippen LogP contribution in [0.1, 0.15) is 13.8 Å². The Bertz CT molecular complexity index is 2140. The van der Waals surface area contributed by atoms with Crippen LogP contribution in [-0.4, -0.2) is 4.57 Å². The molecule has 0 fully saturated rings. The van der Waals surface area contributed by atoms with Crippen LogP contribution in [0.3, 0.4) is 0 Å². The van der Waals surface area contributed by atoms with Gasteiger partial charge in [0.2, 0.25) is 0 Å². The van der Waals surface area contributed by atoms with Crippen molar-refractivity contribution in [1.29, 1.82) is 0 Å². The fourth-order valence-electron chi connectivity index (χ4n) is 6.36. The highest BCUT2D eigenvalue weighted by Crippen LogP contribution is 2.44. The molecule has 0 aliphatic rings. The molecule has 0 saturated carbocycles. The Balaban J connectivity index is 0.000000709. The molecule has 0 bridgehead atoms. The second kappa shape index (κ2) is 11.5. The summed E-state index contributed by atoms with van der Waals surface area (Å²) in [5, 5.41) is 7.66. The van der Waals surface area contributed by atoms with E-state index in [4.69, 9.17) is 0 Å². The van der Waals surface area contributed by atoms with Crippen LogP contribution in [0.5, 0.6) is 0 Å². The van der Waals surface area contributed by atoms with Crippen LogP contribution >= 0.6 is 0 Å². The van der Waals surface area contributed by atoms with Gasteiger partial charge in [0.25, 0.3) is 0 Å². The van der Waals surface area contributed by atoms with E-state index in [0.29, 0.717) is 0 Å². The molecule has 206 valence electrons. The van der Waals surface area contributed by atoms with Crippen LogP contribution < -0.4 is 0 Å². The van der Waals surface area contributed by atoms with E-state index in [0.717, 1.165) is 0 Å². The van der Waals surface area contributed by atoms with Crippen LogP contribution in [-0.2, 0) is 0 Å². The third-order valence-corrected chi connectivity index (χ3v) is 8.30. The number of hydrogen-bond donors (Lipinski definition) is 0. The van der Waals surface area contributed by atoms with E-state index in [1.54, 1.807) is 0 Å². The largest absolute Gasteiger partial charge is 0.309 e. The summed E-state index contributed by atoms with van der Waals surface area (Å²) in [6.07, 6.45) is 4.00. The highest BCUT2D eigenvalue weighted by molar-refractivity contribution is 6.21. The SMILES string of the molecule is C/C=C\C.c1ccc(-c2c3ccccc3c(-c3cccc(-n4c5ccccc5c5ccccc54)c3)c3ccccc23)cc1. The third kappa shape index (κ3) is 4.60. The highest BCUT2D eigenvalue weighted by atomic mass is 15.0. The molecule has 0 unspecified atom stereocenters. The van der Waals surface area contributed by atoms with E-state index in [1.165, 1.54) is 71.3 Å². The van der Waals surface area contributed by atoms with Crippen molar-refractivity contribution in [2.24, 2.45) is 0 Å². The van der Waals surface area contributed by atoms with E-state index in [-0.39, 0.29) is 0 Å². The quantitative estimate of drug-likeness (QED) is 0.152. The zero-order chi connectivity index (χ0) is 29.2. The average Bonchev–Trinajstić information content (AvgIpc) is 3.42. The first kappa shape index (κ1) is 26.5. The van der Waals surface area contributed by atoms with Crippen LogP contribution in [0.15, 0.2) is 164 Å². The number of para-hydroxylation sites is 2. The summed E-state index contributed by atoms with van der Waals surface area (Å²) in [6.45, 7) is 4.00. The number of fused-ring (bicyclic) bond motifs is 5. The topological polar surface area (TPSA) is 4.93 Å². The Labute approximate surface area is 253 Å². The summed E-state index contributed by atoms with van der Waals surface area (Å²) in [7, 11) is 0. The van der Waals surface area contributed by atoms with Gasteiger partial charge in [0.05, 0.1) is 11.0 Å². The summed E-state index contributed by atoms with van der Waals surface area (Å²) >= 11 is 0. The molecule has 43 heavy (non-hydrogen) atoms. The highest BCUT2D eigenvalue weighted by Gasteiger charge is 2.17. The fraction of sp³-hybridized carbons (Fsp3) is 0.0476. The van der Waals surface area contributed by atoms with Crippen LogP contribution in [0, 0.1) is 0 Å². The van der Waals surface area contributed by atoms with Crippen molar-refractivity contribution < 1.29 is 0 Å². The van der Waals surface area contributed by atoms with E-state index in [2.05, 4.69) is 156 Å². The molecule has 0 spiro atoms. The number of aromatic nitrogens is 1. The number of hydrogen-bond acceptors (Lipinski definition) is 0. The fourth-order valence-corrected chi connectivity index (χ4v) is 6.36. The molecular weight excluding hydrogens is 518 g/mol. The molecule has 0 aliphatic heterocycles. The van der Waals surface area contributed by atoms with Crippen LogP contribution in [0.2, 0.25) is 0 Å². The minimum atomic E-state index is 1.17. The van der Waals surface area contributed by atoms with Gasteiger partial charge in [-0.2, -0.15) is 0 Å². The zero-order valence-corrected chi connectivity index (χ0v) is 24.5. The predicted octanol–water partition coefficient (Wildman–Crippen LogP) is 12.0. The van der Waals surface area contributed by atoms with Gasteiger partial charge in [-0.3, -0.25) is 0 Å². The summed E-state index contributed by atoms with van der Waals surface area (Å²) in [5.74, 6) is 0. The van der Waals surface area contributed by atoms with E-state index >= 15 is 0 Å². The van der Waals surface area contributed by atoms with Crippen molar-refractivity contribution in [3.8, 4) is 27.9 Å². The maximum absolute atomic E-state index is 2.40. The van der Waals surface area contributed by atoms with Crippen molar-refractivity contribution in [2.75, 3.05) is 0 Å². The Kier molecular flexibility index (Phi) is 7.07. The van der Waals surface area contributed by atoms with Crippen molar-refractivity contribution in [3.63, 3.8) is 0 Å². The molecule has 0 atom stereocenters. The first-order valence-corrected chi connectivity index (χ1v) is 15.0. The maximum atomic E-state index is 2.40. The normalized spacial score (nSPS) is 11.4. The molecule has 7 aromatic carbocycles. The lowest BCUT2D eigenvalue weighted by Gasteiger charge is -2.18. The summed E-state index contributed by atoms with van der Waals surface area (Å²) in [5.41, 5.74) is 8.67. The number of nitrogens with zero attached hydrogens (tertiary/aromatic N) is 1. The van der Waals surface area contributed by atoms with Crippen molar-refractivity contribution in [1.82, 2.24) is 4.57 Å². The average molecular weight is 552 g/mol. The number of allylic oxidation sites excluding steroid dienone is 2. The van der Waals surface area contributed by atoms with Gasteiger partial charge in [0, 0.05) is 16.5 Å². The zero-order valence-electron chi connectivity index (χ0n) is 24.5. The lowest BCUT2D eigenvalue weighted by atomic mass is 9.86. The Hall–Kier alpha value is -5.40. The molecule has 1 nitrogen and oxygen atoms in total. The van der Waals surface area contributed by atoms with Gasteiger partial charge in [-0.1, -0.05) is 140 Å². The molecule has 0 aliphatic carbocycles. The molecule has 0 radical (unpaired) electrons. The van der Waals surface area contributed by atoms with Crippen LogP contribution in [0.4, 0.5) is 0 Å². The van der Waals surface area contributed by atoms with Gasteiger partial charge < -0.3 is 4.57 Å². The van der Waals surface area contributed by atoms with Crippen molar-refractivity contribution >= 4 is 43.4 Å². The van der Waals surface area contributed by atoms with E-state index < -0.39 is 0 Å². The van der Waals surface area contributed by atoms with E-state index in [1.807, 2.05) is 26.0 Å². The lowest BCUT2D eigenvalue weighted by molar-refractivity contribution is 1.18. The second-order valence-electron chi connectivity index (χ2n) is 10.8. The molecule has 0 saturated heterocycles. The molecule has 1 aromatic heterocycles. The molecule has 8 rings (SSSR count). The molecule has 0 amide bonds. The standard InChI is InChI=1S/C38H25N.C4H8/c1-2-13-26(14-3-1)37-31-19-4-6-21-33(31)38(34-22-7-5-20-32(34)37)27-15-12-16-28(25-27)39-35-23-10-8-17-29(35)30-18-9-11-24-36(30)39;1-3-4-2/h1-25H;3-4H,1-2H3/b;4-3-. The minimum absolute atomic E-state index is 1.17. The molecule has 1 heterocycles. The van der Waals surface area contributed by atoms with Crippen molar-refractivity contribution in [3.05, 3.63) is 164 Å². The van der Waals surface area contributed by atoms with Gasteiger partial charge in [-0.15, -0.1) is 0 Å². The third-order valence-electron chi connectivity index (χ3n) is 8.30. The smallest absolute Gasteiger partial charge is 0.0541 e. The van der Waals surface area contributed by atoms with Crippen LogP contribution in [0.25, 0.3) is 71.3 Å². The number of benzene rings is 7. The Morgan fingerprint density at radius 3 is 1.26 bits per heavy atom. The first-order chi connectivity index (χ1) is 21.3. The first-order valence-electron chi connectivity index (χ1n) is 15.0. The van der Waals surface area contributed by atoms with E-state index in [9.17, 15) is 0 Å². The number of rotatable bonds is 3. The molecule has 8 aromatic rings. The molecule has 0 N–H and O–H groups in total. The van der Waals surface area contributed by atoms with Gasteiger partial charge in [-0.05, 0) is 81.9 Å². The summed E-state index contributed by atoms with van der Waals surface area (Å²) in [4.78, 5) is 0. The summed E-state index contributed by atoms with van der Waals surface area (Å²) in [6, 6.07) is 54.9. The van der Waals surface area contributed by atoms with Gasteiger partial charge in [0.15, 0.2) is 0 Å². The lowest BCUT2D eigenvalue weighted by Crippen LogP contribution is -1.95. The van der Waals surface area contributed by atoms with Gasteiger partial charge >= 0.3 is 0 Å². The predicted molar refractivity (Wildman–Crippen MR) is 187 cm³/mol. The Morgan fingerprint density at radius 1 is 0.372 bits per heavy atom.